The van der Waals surface area contributed by atoms with Gasteiger partial charge in [0.25, 0.3) is 11.8 Å². The van der Waals surface area contributed by atoms with Crippen molar-refractivity contribution in [1.82, 2.24) is 15.1 Å². The Balaban J connectivity index is 2.45. The standard InChI is InChI=1S/C20H19ClF8N4O2S/c1-4-36-8-9(2)30-16(34)11-7-10(5-6-12(11)21)31-17(35)14-13(19(24,25)26)15(32-33(14)3)18(22,23)20(27,28)29/h5-7,9H,4,8H2,1-3H3,(H,30,34)(H,31,35). The third kappa shape index (κ3) is 6.41. The fourth-order valence-electron chi connectivity index (χ4n) is 3.01. The lowest BCUT2D eigenvalue weighted by Gasteiger charge is -2.19. The second kappa shape index (κ2) is 10.8. The zero-order chi connectivity index (χ0) is 27.6. The molecule has 2 aromatic rings. The van der Waals surface area contributed by atoms with Gasteiger partial charge in [0.05, 0.1) is 10.6 Å². The summed E-state index contributed by atoms with van der Waals surface area (Å²) in [4.78, 5) is 25.1. The van der Waals surface area contributed by atoms with Crippen molar-refractivity contribution < 1.29 is 44.7 Å². The number of thioether (sulfide) groups is 1. The molecule has 0 aliphatic heterocycles. The Morgan fingerprint density at radius 2 is 1.72 bits per heavy atom. The van der Waals surface area contributed by atoms with E-state index in [4.69, 9.17) is 11.6 Å². The number of rotatable bonds is 8. The molecule has 16 heteroatoms. The molecule has 2 N–H and O–H groups in total. The zero-order valence-electron chi connectivity index (χ0n) is 18.7. The Hall–Kier alpha value is -2.55. The van der Waals surface area contributed by atoms with Gasteiger partial charge in [-0.15, -0.1) is 0 Å². The van der Waals surface area contributed by atoms with Crippen LogP contribution in [0.1, 0.15) is 46.0 Å². The Bertz CT molecular complexity index is 1130. The first-order valence-corrected chi connectivity index (χ1v) is 11.5. The Morgan fingerprint density at radius 1 is 1.11 bits per heavy atom. The molecule has 0 spiro atoms. The van der Waals surface area contributed by atoms with Crippen molar-refractivity contribution in [2.45, 2.75) is 38.2 Å². The SMILES string of the molecule is CCSCC(C)NC(=O)c1cc(NC(=O)c2c(C(F)(F)F)c(C(F)(F)C(F)(F)F)nn2C)ccc1Cl. The number of carbonyl (C=O) groups excluding carboxylic acids is 2. The van der Waals surface area contributed by atoms with Crippen LogP contribution < -0.4 is 10.6 Å². The minimum absolute atomic E-state index is 0.0241. The first-order chi connectivity index (χ1) is 16.4. The summed E-state index contributed by atoms with van der Waals surface area (Å²) in [5.74, 6) is -6.98. The normalized spacial score (nSPS) is 13.4. The van der Waals surface area contributed by atoms with Crippen LogP contribution in [0.5, 0.6) is 0 Å². The van der Waals surface area contributed by atoms with E-state index < -0.39 is 47.0 Å². The van der Waals surface area contributed by atoms with Crippen LogP contribution in [0.15, 0.2) is 18.2 Å². The Kier molecular flexibility index (Phi) is 8.92. The van der Waals surface area contributed by atoms with Crippen LogP contribution in [-0.2, 0) is 19.1 Å². The van der Waals surface area contributed by atoms with E-state index in [0.717, 1.165) is 24.0 Å². The van der Waals surface area contributed by atoms with Gasteiger partial charge in [0.1, 0.15) is 11.3 Å². The highest BCUT2D eigenvalue weighted by Crippen LogP contribution is 2.48. The number of hydrogen-bond acceptors (Lipinski definition) is 4. The quantitative estimate of drug-likeness (QED) is 0.392. The second-order valence-electron chi connectivity index (χ2n) is 7.45. The molecule has 6 nitrogen and oxygen atoms in total. The van der Waals surface area contributed by atoms with E-state index in [1.807, 2.05) is 12.2 Å². The molecule has 200 valence electrons. The number of nitrogens with zero attached hydrogens (tertiary/aromatic N) is 2. The summed E-state index contributed by atoms with van der Waals surface area (Å²) in [7, 11) is 0.608. The van der Waals surface area contributed by atoms with Gasteiger partial charge < -0.3 is 10.6 Å². The molecule has 0 aliphatic carbocycles. The molecule has 1 aromatic carbocycles. The van der Waals surface area contributed by atoms with Crippen molar-refractivity contribution in [3.63, 3.8) is 0 Å². The molecule has 0 bridgehead atoms. The van der Waals surface area contributed by atoms with Gasteiger partial charge in [-0.25, -0.2) is 0 Å². The van der Waals surface area contributed by atoms with Gasteiger partial charge in [0.15, 0.2) is 5.69 Å². The summed E-state index contributed by atoms with van der Waals surface area (Å²) in [6.45, 7) is 3.64. The van der Waals surface area contributed by atoms with E-state index in [-0.39, 0.29) is 27.0 Å². The van der Waals surface area contributed by atoms with Gasteiger partial charge in [-0.3, -0.25) is 14.3 Å². The maximum atomic E-state index is 13.8. The summed E-state index contributed by atoms with van der Waals surface area (Å²) in [5.41, 5.74) is -7.23. The number of benzene rings is 1. The molecular weight excluding hydrogens is 548 g/mol. The lowest BCUT2D eigenvalue weighted by atomic mass is 10.1. The van der Waals surface area contributed by atoms with Crippen molar-refractivity contribution in [3.05, 3.63) is 45.7 Å². The summed E-state index contributed by atoms with van der Waals surface area (Å²) in [6.07, 6.45) is -12.2. The average Bonchev–Trinajstić information content (AvgIpc) is 3.11. The van der Waals surface area contributed by atoms with Gasteiger partial charge in [-0.1, -0.05) is 18.5 Å². The molecule has 2 amide bonds. The highest BCUT2D eigenvalue weighted by molar-refractivity contribution is 7.99. The second-order valence-corrected chi connectivity index (χ2v) is 9.17. The summed E-state index contributed by atoms with van der Waals surface area (Å²) in [6, 6.07) is 2.98. The molecule has 0 saturated heterocycles. The van der Waals surface area contributed by atoms with Crippen molar-refractivity contribution >= 4 is 40.9 Å². The van der Waals surface area contributed by atoms with Crippen LogP contribution in [0.4, 0.5) is 40.8 Å². The van der Waals surface area contributed by atoms with Crippen LogP contribution in [0.25, 0.3) is 0 Å². The van der Waals surface area contributed by atoms with Crippen LogP contribution in [-0.4, -0.2) is 45.3 Å². The lowest BCUT2D eigenvalue weighted by molar-refractivity contribution is -0.292. The highest BCUT2D eigenvalue weighted by atomic mass is 35.5. The molecule has 2 rings (SSSR count). The molecule has 0 aliphatic rings. The Morgan fingerprint density at radius 3 is 2.25 bits per heavy atom. The van der Waals surface area contributed by atoms with E-state index >= 15 is 0 Å². The van der Waals surface area contributed by atoms with Crippen molar-refractivity contribution in [2.75, 3.05) is 16.8 Å². The maximum absolute atomic E-state index is 13.8. The number of halogens is 9. The number of aryl methyl sites for hydroxylation is 1. The molecule has 0 saturated carbocycles. The predicted octanol–water partition coefficient (Wildman–Crippen LogP) is 5.87. The highest BCUT2D eigenvalue weighted by Gasteiger charge is 2.64. The fraction of sp³-hybridized carbons (Fsp3) is 0.450. The molecular formula is C20H19ClF8N4O2S. The number of hydrogen-bond donors (Lipinski definition) is 2. The first kappa shape index (κ1) is 29.7. The minimum Gasteiger partial charge on any atom is -0.349 e. The van der Waals surface area contributed by atoms with E-state index in [1.54, 1.807) is 18.7 Å². The van der Waals surface area contributed by atoms with Crippen LogP contribution in [0.2, 0.25) is 5.02 Å². The average molecular weight is 567 g/mol. The third-order valence-corrected chi connectivity index (χ3v) is 6.09. The van der Waals surface area contributed by atoms with Gasteiger partial charge in [0.2, 0.25) is 0 Å². The molecule has 0 fully saturated rings. The molecule has 1 heterocycles. The first-order valence-electron chi connectivity index (χ1n) is 10.0. The summed E-state index contributed by atoms with van der Waals surface area (Å²) >= 11 is 7.56. The number of nitrogens with one attached hydrogen (secondary N) is 2. The largest absolute Gasteiger partial charge is 0.459 e. The smallest absolute Gasteiger partial charge is 0.349 e. The monoisotopic (exact) mass is 566 g/mol. The maximum Gasteiger partial charge on any atom is 0.459 e. The molecule has 1 unspecified atom stereocenters. The van der Waals surface area contributed by atoms with E-state index in [9.17, 15) is 44.7 Å². The van der Waals surface area contributed by atoms with Crippen LogP contribution >= 0.6 is 23.4 Å². The zero-order valence-corrected chi connectivity index (χ0v) is 20.3. The molecule has 1 atom stereocenters. The van der Waals surface area contributed by atoms with Crippen LogP contribution in [0.3, 0.4) is 0 Å². The van der Waals surface area contributed by atoms with Crippen molar-refractivity contribution in [2.24, 2.45) is 7.05 Å². The topological polar surface area (TPSA) is 76.0 Å². The minimum atomic E-state index is -6.40. The lowest BCUT2D eigenvalue weighted by Crippen LogP contribution is -2.36. The number of amides is 2. The van der Waals surface area contributed by atoms with Crippen molar-refractivity contribution in [1.29, 1.82) is 0 Å². The number of aromatic nitrogens is 2. The fourth-order valence-corrected chi connectivity index (χ4v) is 3.89. The third-order valence-electron chi connectivity index (χ3n) is 4.62. The number of alkyl halides is 8. The van der Waals surface area contributed by atoms with Crippen LogP contribution in [0, 0.1) is 0 Å². The molecule has 0 radical (unpaired) electrons. The van der Waals surface area contributed by atoms with E-state index in [0.29, 0.717) is 12.8 Å². The predicted molar refractivity (Wildman–Crippen MR) is 117 cm³/mol. The van der Waals surface area contributed by atoms with Gasteiger partial charge in [-0.05, 0) is 30.9 Å². The van der Waals surface area contributed by atoms with E-state index in [2.05, 4.69) is 10.4 Å². The molecule has 1 aromatic heterocycles. The van der Waals surface area contributed by atoms with E-state index in [1.165, 1.54) is 0 Å². The van der Waals surface area contributed by atoms with Crippen molar-refractivity contribution in [3.8, 4) is 0 Å². The molecule has 36 heavy (non-hydrogen) atoms. The Labute approximate surface area is 208 Å². The summed E-state index contributed by atoms with van der Waals surface area (Å²) < 4.78 is 107. The van der Waals surface area contributed by atoms with Gasteiger partial charge in [-0.2, -0.15) is 52.0 Å². The van der Waals surface area contributed by atoms with Gasteiger partial charge in [0, 0.05) is 24.5 Å². The summed E-state index contributed by atoms with van der Waals surface area (Å²) in [5, 5.41) is 7.21. The van der Waals surface area contributed by atoms with Gasteiger partial charge >= 0.3 is 18.3 Å². The number of anilines is 1. The number of carbonyl (C=O) groups is 2.